The van der Waals surface area contributed by atoms with Crippen LogP contribution in [0.2, 0.25) is 0 Å². The van der Waals surface area contributed by atoms with Crippen LogP contribution >= 0.6 is 11.8 Å². The number of para-hydroxylation sites is 1. The van der Waals surface area contributed by atoms with E-state index in [0.717, 1.165) is 27.4 Å². The fourth-order valence-corrected chi connectivity index (χ4v) is 5.13. The van der Waals surface area contributed by atoms with Crippen LogP contribution in [0.4, 0.5) is 0 Å². The molecule has 0 unspecified atom stereocenters. The third kappa shape index (κ3) is 3.09. The molecule has 0 radical (unpaired) electrons. The maximum absolute atomic E-state index is 13.3. The number of morpholine rings is 1. The molecule has 2 aliphatic rings. The van der Waals surface area contributed by atoms with E-state index < -0.39 is 5.91 Å². The number of carbonyl (C=O) groups excluding carboxylic acids is 2. The Balaban J connectivity index is 1.71. The quantitative estimate of drug-likeness (QED) is 0.704. The summed E-state index contributed by atoms with van der Waals surface area (Å²) >= 11 is 1.52. The fraction of sp³-hybridized carbons (Fsp3) is 0.227. The summed E-state index contributed by atoms with van der Waals surface area (Å²) in [5, 5.41) is 4.77. The molecule has 2 aliphatic heterocycles. The average Bonchev–Trinajstić information content (AvgIpc) is 3.19. The number of rotatable bonds is 3. The predicted octanol–water partition coefficient (Wildman–Crippen LogP) is 2.72. The molecule has 1 saturated heterocycles. The first-order valence-corrected chi connectivity index (χ1v) is 10.7. The Morgan fingerprint density at radius 1 is 1.03 bits per heavy atom. The number of primary amides is 1. The highest BCUT2D eigenvalue weighted by molar-refractivity contribution is 7.98. The van der Waals surface area contributed by atoms with E-state index in [1.165, 1.54) is 11.8 Å². The molecule has 7 nitrogen and oxygen atoms in total. The van der Waals surface area contributed by atoms with Gasteiger partial charge in [-0.15, -0.1) is 11.8 Å². The van der Waals surface area contributed by atoms with Gasteiger partial charge < -0.3 is 15.4 Å². The van der Waals surface area contributed by atoms with Crippen molar-refractivity contribution in [3.8, 4) is 16.9 Å². The van der Waals surface area contributed by atoms with E-state index >= 15 is 0 Å². The van der Waals surface area contributed by atoms with Gasteiger partial charge >= 0.3 is 0 Å². The number of hydrogen-bond acceptors (Lipinski definition) is 5. The molecule has 0 atom stereocenters. The minimum atomic E-state index is -0.460. The number of ether oxygens (including phenoxy) is 1. The molecule has 0 aliphatic carbocycles. The van der Waals surface area contributed by atoms with Gasteiger partial charge in [0.2, 0.25) is 5.91 Å². The zero-order valence-corrected chi connectivity index (χ0v) is 17.0. The lowest BCUT2D eigenvalue weighted by Gasteiger charge is -2.26. The zero-order chi connectivity index (χ0) is 20.7. The highest BCUT2D eigenvalue weighted by atomic mass is 32.2. The Morgan fingerprint density at radius 2 is 1.80 bits per heavy atom. The zero-order valence-electron chi connectivity index (χ0n) is 16.2. The van der Waals surface area contributed by atoms with Gasteiger partial charge in [0.1, 0.15) is 0 Å². The van der Waals surface area contributed by atoms with Crippen molar-refractivity contribution in [3.63, 3.8) is 0 Å². The molecule has 2 aromatic carbocycles. The minimum absolute atomic E-state index is 0.0839. The average molecular weight is 420 g/mol. The molecule has 152 valence electrons. The van der Waals surface area contributed by atoms with Gasteiger partial charge in [-0.3, -0.25) is 9.59 Å². The van der Waals surface area contributed by atoms with Gasteiger partial charge in [-0.2, -0.15) is 5.10 Å². The number of carbonyl (C=O) groups is 2. The van der Waals surface area contributed by atoms with E-state index in [4.69, 9.17) is 15.6 Å². The Morgan fingerprint density at radius 3 is 2.53 bits per heavy atom. The molecule has 3 heterocycles. The smallest absolute Gasteiger partial charge is 0.274 e. The third-order valence-electron chi connectivity index (χ3n) is 5.38. The lowest BCUT2D eigenvalue weighted by Crippen LogP contribution is -2.41. The normalized spacial score (nSPS) is 15.4. The van der Waals surface area contributed by atoms with Gasteiger partial charge in [0, 0.05) is 34.9 Å². The Bertz CT molecular complexity index is 1140. The molecule has 2 N–H and O–H groups in total. The van der Waals surface area contributed by atoms with Crippen LogP contribution in [-0.2, 0) is 10.5 Å². The summed E-state index contributed by atoms with van der Waals surface area (Å²) in [6.07, 6.45) is 0. The topological polar surface area (TPSA) is 90.5 Å². The van der Waals surface area contributed by atoms with E-state index in [-0.39, 0.29) is 5.91 Å². The molecule has 1 fully saturated rings. The molecule has 0 bridgehead atoms. The molecule has 0 spiro atoms. The van der Waals surface area contributed by atoms with Crippen LogP contribution in [0.1, 0.15) is 26.4 Å². The molecule has 3 aromatic rings. The van der Waals surface area contributed by atoms with Crippen LogP contribution < -0.4 is 5.73 Å². The minimum Gasteiger partial charge on any atom is -0.378 e. The highest BCUT2D eigenvalue weighted by Crippen LogP contribution is 2.45. The van der Waals surface area contributed by atoms with Crippen molar-refractivity contribution in [3.05, 3.63) is 65.4 Å². The van der Waals surface area contributed by atoms with Crippen molar-refractivity contribution in [2.45, 2.75) is 10.6 Å². The molecule has 5 rings (SSSR count). The summed E-state index contributed by atoms with van der Waals surface area (Å²) < 4.78 is 7.20. The van der Waals surface area contributed by atoms with Crippen molar-refractivity contribution in [2.24, 2.45) is 5.73 Å². The van der Waals surface area contributed by atoms with E-state index in [9.17, 15) is 9.59 Å². The van der Waals surface area contributed by atoms with Crippen LogP contribution in [0.15, 0.2) is 53.4 Å². The number of nitrogens with two attached hydrogens (primary N) is 1. The molecular formula is C22H20N4O3S. The lowest BCUT2D eigenvalue weighted by atomic mass is 10.0. The highest BCUT2D eigenvalue weighted by Gasteiger charge is 2.33. The summed E-state index contributed by atoms with van der Waals surface area (Å²) in [4.78, 5) is 27.9. The summed E-state index contributed by atoms with van der Waals surface area (Å²) in [7, 11) is 0. The molecule has 1 aromatic heterocycles. The van der Waals surface area contributed by atoms with E-state index in [0.29, 0.717) is 43.3 Å². The standard InChI is InChI=1S/C22H20N4O3S/c23-21(27)16-8-4-7-15-19-17(13-30-20(15)16)18(22(28)25-9-11-29-12-10-25)24-26(19)14-5-2-1-3-6-14/h1-8H,9-13H2,(H2,23,27). The summed E-state index contributed by atoms with van der Waals surface area (Å²) in [5.41, 5.74) is 10.0. The van der Waals surface area contributed by atoms with E-state index in [1.54, 1.807) is 11.0 Å². The summed E-state index contributed by atoms with van der Waals surface area (Å²) in [5.74, 6) is 0.00255. The maximum atomic E-state index is 13.3. The first-order valence-electron chi connectivity index (χ1n) is 9.75. The number of aromatic nitrogens is 2. The first kappa shape index (κ1) is 18.9. The number of hydrogen-bond donors (Lipinski definition) is 1. The van der Waals surface area contributed by atoms with Crippen molar-refractivity contribution in [1.82, 2.24) is 14.7 Å². The number of benzene rings is 2. The summed E-state index contributed by atoms with van der Waals surface area (Å²) in [6, 6.07) is 15.2. The SMILES string of the molecule is NC(=O)c1cccc2c1SCc1c(C(=O)N3CCOCC3)nn(-c3ccccc3)c1-2. The summed E-state index contributed by atoms with van der Waals surface area (Å²) in [6.45, 7) is 2.18. The van der Waals surface area contributed by atoms with Crippen LogP contribution in [-0.4, -0.2) is 52.8 Å². The third-order valence-corrected chi connectivity index (χ3v) is 6.54. The van der Waals surface area contributed by atoms with Crippen molar-refractivity contribution >= 4 is 23.6 Å². The molecule has 30 heavy (non-hydrogen) atoms. The Kier molecular flexibility index (Phi) is 4.80. The van der Waals surface area contributed by atoms with Gasteiger partial charge in [0.05, 0.1) is 30.2 Å². The maximum Gasteiger partial charge on any atom is 0.274 e. The second-order valence-electron chi connectivity index (χ2n) is 7.16. The molecule has 8 heteroatoms. The molecule has 0 saturated carbocycles. The van der Waals surface area contributed by atoms with Crippen molar-refractivity contribution in [2.75, 3.05) is 26.3 Å². The number of fused-ring (bicyclic) bond motifs is 3. The lowest BCUT2D eigenvalue weighted by molar-refractivity contribution is 0.0298. The van der Waals surface area contributed by atoms with E-state index in [1.807, 2.05) is 47.1 Å². The number of amides is 2. The number of nitrogens with zero attached hydrogens (tertiary/aromatic N) is 3. The van der Waals surface area contributed by atoms with Gasteiger partial charge in [-0.25, -0.2) is 4.68 Å². The largest absolute Gasteiger partial charge is 0.378 e. The monoisotopic (exact) mass is 420 g/mol. The molecular weight excluding hydrogens is 400 g/mol. The molecule has 2 amide bonds. The van der Waals surface area contributed by atoms with Crippen LogP contribution in [0.5, 0.6) is 0 Å². The Hall–Kier alpha value is -3.10. The van der Waals surface area contributed by atoms with Crippen LogP contribution in [0, 0.1) is 0 Å². The first-order chi connectivity index (χ1) is 14.6. The van der Waals surface area contributed by atoms with Gasteiger partial charge in [0.15, 0.2) is 5.69 Å². The Labute approximate surface area is 177 Å². The second kappa shape index (κ2) is 7.62. The van der Waals surface area contributed by atoms with Crippen LogP contribution in [0.25, 0.3) is 16.9 Å². The van der Waals surface area contributed by atoms with Gasteiger partial charge in [-0.05, 0) is 18.2 Å². The van der Waals surface area contributed by atoms with Gasteiger partial charge in [-0.1, -0.05) is 30.3 Å². The van der Waals surface area contributed by atoms with Gasteiger partial charge in [0.25, 0.3) is 5.91 Å². The second-order valence-corrected chi connectivity index (χ2v) is 8.15. The van der Waals surface area contributed by atoms with Crippen LogP contribution in [0.3, 0.4) is 0 Å². The van der Waals surface area contributed by atoms with Crippen molar-refractivity contribution in [1.29, 1.82) is 0 Å². The van der Waals surface area contributed by atoms with Crippen molar-refractivity contribution < 1.29 is 14.3 Å². The van der Waals surface area contributed by atoms with E-state index in [2.05, 4.69) is 0 Å². The fourth-order valence-electron chi connectivity index (χ4n) is 3.93. The predicted molar refractivity (Wildman–Crippen MR) is 114 cm³/mol. The number of thioether (sulfide) groups is 1.